The summed E-state index contributed by atoms with van der Waals surface area (Å²) in [5, 5.41) is 9.94. The van der Waals surface area contributed by atoms with Crippen molar-refractivity contribution < 1.29 is 0 Å². The van der Waals surface area contributed by atoms with Gasteiger partial charge in [-0.3, -0.25) is 0 Å². The van der Waals surface area contributed by atoms with Crippen molar-refractivity contribution >= 4 is 38.8 Å². The third-order valence-corrected chi connectivity index (χ3v) is 9.67. The number of rotatable bonds is 5. The fraction of sp³-hybridized carbons (Fsp3) is 0.0682. The van der Waals surface area contributed by atoms with E-state index in [1.165, 1.54) is 77.2 Å². The molecule has 224 valence electrons. The number of aromatic nitrogens is 1. The van der Waals surface area contributed by atoms with Gasteiger partial charge in [0.2, 0.25) is 0 Å². The van der Waals surface area contributed by atoms with Crippen LogP contribution in [0.25, 0.3) is 76.9 Å². The molecule has 2 aliphatic carbocycles. The summed E-state index contributed by atoms with van der Waals surface area (Å²) in [7, 11) is 1.79. The predicted molar refractivity (Wildman–Crippen MR) is 199 cm³/mol. The lowest BCUT2D eigenvalue weighted by Gasteiger charge is -2.22. The highest BCUT2D eigenvalue weighted by atomic mass is 15.0. The number of amidine groups is 1. The molecule has 1 heterocycles. The molecule has 0 saturated carbocycles. The van der Waals surface area contributed by atoms with Gasteiger partial charge in [0.15, 0.2) is 0 Å². The molecule has 3 heteroatoms. The molecule has 1 N–H and O–H groups in total. The van der Waals surface area contributed by atoms with Gasteiger partial charge in [-0.2, -0.15) is 0 Å². The number of nitrogens with one attached hydrogen (secondary N) is 1. The van der Waals surface area contributed by atoms with E-state index < -0.39 is 0 Å². The van der Waals surface area contributed by atoms with E-state index in [2.05, 4.69) is 137 Å². The molecule has 0 fully saturated rings. The van der Waals surface area contributed by atoms with Gasteiger partial charge < -0.3 is 15.3 Å². The second-order valence-corrected chi connectivity index (χ2v) is 12.3. The van der Waals surface area contributed by atoms with E-state index in [9.17, 15) is 0 Å². The lowest BCUT2D eigenvalue weighted by molar-refractivity contribution is 1.06. The second-order valence-electron chi connectivity index (χ2n) is 12.3. The van der Waals surface area contributed by atoms with Crippen LogP contribution >= 0.6 is 0 Å². The summed E-state index contributed by atoms with van der Waals surface area (Å²) in [6.07, 6.45) is 10.8. The van der Waals surface area contributed by atoms with Crippen LogP contribution in [0.1, 0.15) is 24.0 Å². The number of allylic oxidation sites excluding steroid dienone is 4. The van der Waals surface area contributed by atoms with E-state index in [1.807, 2.05) is 18.3 Å². The number of aromatic amines is 1. The first-order valence-electron chi connectivity index (χ1n) is 16.3. The number of fused-ring (bicyclic) bond motifs is 4. The van der Waals surface area contributed by atoms with E-state index in [-0.39, 0.29) is 0 Å². The molecule has 3 nitrogen and oxygen atoms in total. The quantitative estimate of drug-likeness (QED) is 0.150. The summed E-state index contributed by atoms with van der Waals surface area (Å²) >= 11 is 0. The Hall–Kier alpha value is -5.93. The molecule has 0 spiro atoms. The van der Waals surface area contributed by atoms with E-state index in [4.69, 9.17) is 5.32 Å². The maximum Gasteiger partial charge on any atom is 0.0126 e. The van der Waals surface area contributed by atoms with Crippen molar-refractivity contribution in [3.05, 3.63) is 162 Å². The summed E-state index contributed by atoms with van der Waals surface area (Å²) in [6.45, 7) is 0. The minimum absolute atomic E-state index is 0.703. The number of H-pyrrole nitrogens is 1. The molecule has 0 amide bonds. The lowest BCUT2D eigenvalue weighted by Crippen LogP contribution is -1.98. The summed E-state index contributed by atoms with van der Waals surface area (Å²) in [4.78, 5) is 7.61. The van der Waals surface area contributed by atoms with Crippen molar-refractivity contribution in [2.75, 3.05) is 7.05 Å². The van der Waals surface area contributed by atoms with Crippen LogP contribution in [0.4, 0.5) is 5.82 Å². The monoisotopic (exact) mass is 602 g/mol. The summed E-state index contributed by atoms with van der Waals surface area (Å²) in [5.74, 6) is 1.50. The minimum atomic E-state index is 0.703. The van der Waals surface area contributed by atoms with E-state index in [0.717, 1.165) is 24.2 Å². The van der Waals surface area contributed by atoms with Crippen LogP contribution in [0.3, 0.4) is 0 Å². The topological polar surface area (TPSA) is 42.2 Å². The molecule has 0 aliphatic heterocycles. The van der Waals surface area contributed by atoms with Crippen LogP contribution in [-0.4, -0.2) is 17.9 Å². The Morgan fingerprint density at radius 1 is 0.617 bits per heavy atom. The van der Waals surface area contributed by atoms with Gasteiger partial charge in [0.25, 0.3) is 0 Å². The predicted octanol–water partition coefficient (Wildman–Crippen LogP) is 12.1. The van der Waals surface area contributed by atoms with Gasteiger partial charge in [0.05, 0.1) is 0 Å². The van der Waals surface area contributed by atoms with Gasteiger partial charge >= 0.3 is 0 Å². The Kier molecular flexibility index (Phi) is 6.50. The van der Waals surface area contributed by atoms with Gasteiger partial charge in [0, 0.05) is 11.7 Å². The Morgan fingerprint density at radius 3 is 2.09 bits per heavy atom. The zero-order valence-corrected chi connectivity index (χ0v) is 26.2. The first-order valence-corrected chi connectivity index (χ1v) is 16.3. The van der Waals surface area contributed by atoms with Crippen molar-refractivity contribution in [1.29, 1.82) is 0 Å². The highest BCUT2D eigenvalue weighted by molar-refractivity contribution is 6.27. The third kappa shape index (κ3) is 4.39. The number of aliphatic imine (C=N–C) groups is 1. The average Bonchev–Trinajstić information content (AvgIpc) is 3.78. The Balaban J connectivity index is 1.27. The van der Waals surface area contributed by atoms with Crippen molar-refractivity contribution in [3.63, 3.8) is 0 Å². The van der Waals surface area contributed by atoms with Gasteiger partial charge in [-0.15, -0.1) is 0 Å². The molecule has 1 aromatic heterocycles. The van der Waals surface area contributed by atoms with Crippen molar-refractivity contribution in [2.45, 2.75) is 12.8 Å². The maximum atomic E-state index is 4.70. The molecule has 7 aromatic rings. The Labute approximate surface area is 274 Å². The van der Waals surface area contributed by atoms with Crippen molar-refractivity contribution in [1.82, 2.24) is 4.98 Å². The molecule has 0 radical (unpaired) electrons. The SMILES string of the molecule is CN=C([N-]c1ccc[nH]1)c1ccc(-c2ccc3c4c(cccc24)-c2c-3c(-c3ccccc3)c3ccccc3c2C2=CC=CCC2)cc1. The van der Waals surface area contributed by atoms with E-state index in [0.29, 0.717) is 5.84 Å². The number of benzene rings is 6. The highest BCUT2D eigenvalue weighted by Gasteiger charge is 2.31. The molecule has 2 aliphatic rings. The molecule has 6 aromatic carbocycles. The van der Waals surface area contributed by atoms with Crippen LogP contribution in [0.5, 0.6) is 0 Å². The van der Waals surface area contributed by atoms with Gasteiger partial charge in [-0.05, 0) is 103 Å². The highest BCUT2D eigenvalue weighted by Crippen LogP contribution is 2.57. The zero-order chi connectivity index (χ0) is 31.3. The standard InChI is InChI=1S/C44H32N3/c1-45-44(47-38-20-11-27-46-38)31-23-21-28(22-24-31)32-25-26-37-41-33(32)18-10-19-36(41)42-39(29-12-4-2-5-13-29)34-16-8-9-17-35(34)40(43(37)42)30-14-6-3-7-15-30/h2-4,6-12,14-27,46H,5,13H2,1H3/q-1. The summed E-state index contributed by atoms with van der Waals surface area (Å²) in [5.41, 5.74) is 14.1. The largest absolute Gasteiger partial charge is 0.420 e. The third-order valence-electron chi connectivity index (χ3n) is 9.67. The second kappa shape index (κ2) is 11.1. The fourth-order valence-electron chi connectivity index (χ4n) is 7.65. The molecular weight excluding hydrogens is 571 g/mol. The first kappa shape index (κ1) is 27.4. The number of nitrogens with zero attached hydrogens (tertiary/aromatic N) is 2. The molecular formula is C44H32N3-. The molecule has 0 saturated heterocycles. The van der Waals surface area contributed by atoms with Crippen LogP contribution in [-0.2, 0) is 0 Å². The smallest absolute Gasteiger partial charge is 0.0126 e. The van der Waals surface area contributed by atoms with Crippen LogP contribution in [0.2, 0.25) is 0 Å². The van der Waals surface area contributed by atoms with E-state index in [1.54, 1.807) is 7.05 Å². The Morgan fingerprint density at radius 2 is 1.34 bits per heavy atom. The maximum absolute atomic E-state index is 4.70. The van der Waals surface area contributed by atoms with Crippen molar-refractivity contribution in [2.24, 2.45) is 4.99 Å². The zero-order valence-electron chi connectivity index (χ0n) is 26.2. The number of hydrogen-bond acceptors (Lipinski definition) is 1. The Bertz CT molecular complexity index is 2410. The number of hydrogen-bond donors (Lipinski definition) is 1. The average molecular weight is 603 g/mol. The van der Waals surface area contributed by atoms with Crippen molar-refractivity contribution in [3.8, 4) is 44.5 Å². The van der Waals surface area contributed by atoms with Crippen LogP contribution < -0.4 is 0 Å². The minimum Gasteiger partial charge on any atom is -0.420 e. The summed E-state index contributed by atoms with van der Waals surface area (Å²) < 4.78 is 0. The molecule has 0 unspecified atom stereocenters. The first-order chi connectivity index (χ1) is 23.3. The molecule has 0 atom stereocenters. The lowest BCUT2D eigenvalue weighted by atomic mass is 9.81. The van der Waals surface area contributed by atoms with Crippen LogP contribution in [0.15, 0.2) is 151 Å². The molecule has 9 rings (SSSR count). The normalized spacial score (nSPS) is 13.6. The van der Waals surface area contributed by atoms with Gasteiger partial charge in [-0.25, -0.2) is 0 Å². The molecule has 47 heavy (non-hydrogen) atoms. The molecule has 0 bridgehead atoms. The fourth-order valence-corrected chi connectivity index (χ4v) is 7.65. The van der Waals surface area contributed by atoms with Gasteiger partial charge in [-0.1, -0.05) is 146 Å². The van der Waals surface area contributed by atoms with Gasteiger partial charge in [0.1, 0.15) is 0 Å². The van der Waals surface area contributed by atoms with Crippen LogP contribution in [0, 0.1) is 0 Å². The summed E-state index contributed by atoms with van der Waals surface area (Å²) in [6, 6.07) is 44.0. The van der Waals surface area contributed by atoms with E-state index >= 15 is 0 Å².